The molecule has 1 rings (SSSR count). The Morgan fingerprint density at radius 2 is 1.89 bits per heavy atom. The highest BCUT2D eigenvalue weighted by Gasteiger charge is 2.14. The molecule has 6 heteroatoms. The van der Waals surface area contributed by atoms with Crippen molar-refractivity contribution in [1.29, 1.82) is 0 Å². The summed E-state index contributed by atoms with van der Waals surface area (Å²) in [5.41, 5.74) is 0.873. The van der Waals surface area contributed by atoms with Gasteiger partial charge in [0.1, 0.15) is 5.75 Å². The Labute approximate surface area is 115 Å². The van der Waals surface area contributed by atoms with Gasteiger partial charge >= 0.3 is 6.09 Å². The Balaban J connectivity index is 2.62. The average Bonchev–Trinajstić information content (AvgIpc) is 2.36. The van der Waals surface area contributed by atoms with E-state index in [1.807, 2.05) is 26.0 Å². The van der Waals surface area contributed by atoms with Crippen LogP contribution < -0.4 is 10.1 Å². The third-order valence-electron chi connectivity index (χ3n) is 2.36. The maximum Gasteiger partial charge on any atom is 0.412 e. The zero-order valence-corrected chi connectivity index (χ0v) is 11.4. The van der Waals surface area contributed by atoms with Gasteiger partial charge in [0.25, 0.3) is 5.24 Å². The molecule has 0 saturated carbocycles. The van der Waals surface area contributed by atoms with Gasteiger partial charge in [-0.2, -0.15) is 0 Å². The summed E-state index contributed by atoms with van der Waals surface area (Å²) in [7, 11) is 0. The first kappa shape index (κ1) is 15.2. The van der Waals surface area contributed by atoms with Gasteiger partial charge in [0, 0.05) is 0 Å². The fourth-order valence-electron chi connectivity index (χ4n) is 1.41. The Bertz CT molecular complexity index is 499. The summed E-state index contributed by atoms with van der Waals surface area (Å²) >= 11 is 4.96. The number of nitrogens with one attached hydrogen (secondary N) is 1. The van der Waals surface area contributed by atoms with Crippen LogP contribution in [-0.2, 0) is 9.59 Å². The number of carbonyl (C=O) groups excluding carboxylic acids is 3. The zero-order chi connectivity index (χ0) is 14.4. The van der Waals surface area contributed by atoms with E-state index in [2.05, 4.69) is 5.32 Å². The highest BCUT2D eigenvalue weighted by Crippen LogP contribution is 2.25. The highest BCUT2D eigenvalue weighted by molar-refractivity contribution is 6.81. The minimum atomic E-state index is -1.12. The molecule has 0 aromatic heterocycles. The van der Waals surface area contributed by atoms with Gasteiger partial charge < -0.3 is 10.1 Å². The molecule has 0 fully saturated rings. The van der Waals surface area contributed by atoms with Gasteiger partial charge in [-0.1, -0.05) is 32.0 Å². The molecule has 0 saturated heterocycles. The van der Waals surface area contributed by atoms with E-state index in [0.717, 1.165) is 5.56 Å². The van der Waals surface area contributed by atoms with Crippen molar-refractivity contribution < 1.29 is 19.1 Å². The van der Waals surface area contributed by atoms with Crippen molar-refractivity contribution >= 4 is 28.7 Å². The van der Waals surface area contributed by atoms with Crippen molar-refractivity contribution in [2.75, 3.05) is 6.54 Å². The van der Waals surface area contributed by atoms with E-state index in [4.69, 9.17) is 16.3 Å². The summed E-state index contributed by atoms with van der Waals surface area (Å²) in [4.78, 5) is 32.9. The smallest absolute Gasteiger partial charge is 0.410 e. The van der Waals surface area contributed by atoms with Gasteiger partial charge in [0.15, 0.2) is 0 Å². The molecule has 0 spiro atoms. The quantitative estimate of drug-likeness (QED) is 0.664. The first-order valence-electron chi connectivity index (χ1n) is 5.69. The van der Waals surface area contributed by atoms with Crippen molar-refractivity contribution in [1.82, 2.24) is 5.32 Å². The van der Waals surface area contributed by atoms with Crippen molar-refractivity contribution in [2.24, 2.45) is 0 Å². The van der Waals surface area contributed by atoms with Crippen LogP contribution in [0.4, 0.5) is 4.79 Å². The first-order chi connectivity index (χ1) is 8.91. The van der Waals surface area contributed by atoms with Crippen LogP contribution in [-0.4, -0.2) is 23.7 Å². The van der Waals surface area contributed by atoms with Gasteiger partial charge in [0.2, 0.25) is 5.78 Å². The topological polar surface area (TPSA) is 72.5 Å². The van der Waals surface area contributed by atoms with Crippen LogP contribution in [0.15, 0.2) is 24.3 Å². The lowest BCUT2D eigenvalue weighted by Crippen LogP contribution is -2.34. The van der Waals surface area contributed by atoms with E-state index in [9.17, 15) is 14.4 Å². The summed E-state index contributed by atoms with van der Waals surface area (Å²) in [5, 5.41) is 1.04. The minimum Gasteiger partial charge on any atom is -0.410 e. The number of rotatable bonds is 5. The van der Waals surface area contributed by atoms with Gasteiger partial charge in [-0.05, 0) is 29.1 Å². The molecule has 1 amide bonds. The molecular weight excluding hydrogens is 270 g/mol. The summed E-state index contributed by atoms with van der Waals surface area (Å²) in [6.07, 6.45) is -0.806. The molecule has 5 nitrogen and oxygen atoms in total. The summed E-state index contributed by atoms with van der Waals surface area (Å²) in [6, 6.07) is 7.09. The number of benzene rings is 1. The van der Waals surface area contributed by atoms with E-state index < -0.39 is 23.7 Å². The molecule has 0 unspecified atom stereocenters. The van der Waals surface area contributed by atoms with Crippen molar-refractivity contribution in [3.8, 4) is 5.75 Å². The lowest BCUT2D eigenvalue weighted by molar-refractivity contribution is -0.131. The number of amides is 1. The number of ketones is 1. The molecule has 0 atom stereocenters. The maximum absolute atomic E-state index is 11.5. The van der Waals surface area contributed by atoms with Crippen LogP contribution in [0.1, 0.15) is 25.3 Å². The molecular formula is C13H14ClNO4. The Morgan fingerprint density at radius 1 is 1.26 bits per heavy atom. The predicted molar refractivity (Wildman–Crippen MR) is 70.4 cm³/mol. The van der Waals surface area contributed by atoms with Gasteiger partial charge in [-0.25, -0.2) is 4.79 Å². The highest BCUT2D eigenvalue weighted by atomic mass is 35.5. The van der Waals surface area contributed by atoms with Crippen molar-refractivity contribution in [2.45, 2.75) is 19.8 Å². The lowest BCUT2D eigenvalue weighted by atomic mass is 10.0. The van der Waals surface area contributed by atoms with Gasteiger partial charge in [-0.3, -0.25) is 9.59 Å². The minimum absolute atomic E-state index is 0.190. The molecule has 0 aliphatic carbocycles. The molecule has 1 aromatic rings. The van der Waals surface area contributed by atoms with E-state index in [1.165, 1.54) is 0 Å². The van der Waals surface area contributed by atoms with Crippen LogP contribution in [0.25, 0.3) is 0 Å². The second kappa shape index (κ2) is 6.89. The standard InChI is InChI=1S/C13H14ClNO4/c1-8(2)9-5-3-4-6-11(9)19-13(18)15-7-10(16)12(14)17/h3-6,8H,7H2,1-2H3,(H,15,18). The van der Waals surface area contributed by atoms with E-state index in [1.54, 1.807) is 12.1 Å². The summed E-state index contributed by atoms with van der Waals surface area (Å²) in [6.45, 7) is 3.45. The number of hydrogen-bond donors (Lipinski definition) is 1. The number of hydrogen-bond acceptors (Lipinski definition) is 4. The fourth-order valence-corrected chi connectivity index (χ4v) is 1.48. The molecule has 0 aliphatic rings. The van der Waals surface area contributed by atoms with Crippen LogP contribution >= 0.6 is 11.6 Å². The maximum atomic E-state index is 11.5. The molecule has 0 radical (unpaired) electrons. The van der Waals surface area contributed by atoms with Crippen LogP contribution in [0, 0.1) is 0 Å². The largest absolute Gasteiger partial charge is 0.412 e. The lowest BCUT2D eigenvalue weighted by Gasteiger charge is -2.12. The van der Waals surface area contributed by atoms with Gasteiger partial charge in [0.05, 0.1) is 6.54 Å². The Kier molecular flexibility index (Phi) is 5.51. The number of halogens is 1. The van der Waals surface area contributed by atoms with Crippen LogP contribution in [0.2, 0.25) is 0 Å². The third-order valence-corrected chi connectivity index (χ3v) is 2.57. The first-order valence-corrected chi connectivity index (χ1v) is 6.07. The van der Waals surface area contributed by atoms with E-state index >= 15 is 0 Å². The Morgan fingerprint density at radius 3 is 2.47 bits per heavy atom. The predicted octanol–water partition coefficient (Wildman–Crippen LogP) is 2.23. The number of para-hydroxylation sites is 1. The number of Topliss-reactive ketones (excluding diaryl/α,β-unsaturated/α-hetero) is 1. The SMILES string of the molecule is CC(C)c1ccccc1OC(=O)NCC(=O)C(=O)Cl. The number of ether oxygens (including phenoxy) is 1. The van der Waals surface area contributed by atoms with Crippen LogP contribution in [0.3, 0.4) is 0 Å². The van der Waals surface area contributed by atoms with E-state index in [-0.39, 0.29) is 5.92 Å². The molecule has 1 N–H and O–H groups in total. The van der Waals surface area contributed by atoms with Crippen molar-refractivity contribution in [3.05, 3.63) is 29.8 Å². The van der Waals surface area contributed by atoms with Gasteiger partial charge in [-0.15, -0.1) is 0 Å². The summed E-state index contributed by atoms with van der Waals surface area (Å²) in [5.74, 6) is -0.287. The molecule has 0 bridgehead atoms. The van der Waals surface area contributed by atoms with Crippen LogP contribution in [0.5, 0.6) is 5.75 Å². The zero-order valence-electron chi connectivity index (χ0n) is 10.6. The molecule has 0 aliphatic heterocycles. The monoisotopic (exact) mass is 283 g/mol. The van der Waals surface area contributed by atoms with Crippen molar-refractivity contribution in [3.63, 3.8) is 0 Å². The second-order valence-electron chi connectivity index (χ2n) is 4.13. The molecule has 0 heterocycles. The average molecular weight is 284 g/mol. The number of carbonyl (C=O) groups is 3. The fraction of sp³-hybridized carbons (Fsp3) is 0.308. The Hall–Kier alpha value is -1.88. The normalized spacial score (nSPS) is 10.1. The van der Waals surface area contributed by atoms with E-state index in [0.29, 0.717) is 5.75 Å². The second-order valence-corrected chi connectivity index (χ2v) is 4.48. The molecule has 19 heavy (non-hydrogen) atoms. The summed E-state index contributed by atoms with van der Waals surface area (Å²) < 4.78 is 5.08. The third kappa shape index (κ3) is 4.71. The molecule has 1 aromatic carbocycles. The molecule has 102 valence electrons.